The molecule has 0 atom stereocenters. The lowest BCUT2D eigenvalue weighted by atomic mass is 10.0. The van der Waals surface area contributed by atoms with Crippen molar-refractivity contribution in [2.24, 2.45) is 7.05 Å². The molecule has 0 saturated heterocycles. The van der Waals surface area contributed by atoms with Gasteiger partial charge in [0.05, 0.1) is 5.39 Å². The van der Waals surface area contributed by atoms with Gasteiger partial charge in [-0.2, -0.15) is 0 Å². The minimum Gasteiger partial charge on any atom is -0.423 e. The summed E-state index contributed by atoms with van der Waals surface area (Å²) in [5.74, 6) is 0.505. The Morgan fingerprint density at radius 1 is 1.10 bits per heavy atom. The Bertz CT molecular complexity index is 1580. The van der Waals surface area contributed by atoms with Gasteiger partial charge in [0.1, 0.15) is 10.4 Å². The molecule has 3 heterocycles. The number of fused-ring (bicyclic) bond motifs is 4. The normalized spacial score (nSPS) is 11.7. The number of aromatic nitrogens is 2. The number of thioether (sulfide) groups is 1. The third-order valence-corrected chi connectivity index (χ3v) is 7.62. The fourth-order valence-corrected chi connectivity index (χ4v) is 5.78. The fourth-order valence-electron chi connectivity index (χ4n) is 3.76. The van der Waals surface area contributed by atoms with E-state index in [4.69, 9.17) is 9.40 Å². The molecule has 0 radical (unpaired) electrons. The number of hydrogen-bond acceptors (Lipinski definition) is 6. The lowest BCUT2D eigenvalue weighted by Gasteiger charge is -2.10. The molecule has 150 valence electrons. The second-order valence-corrected chi connectivity index (χ2v) is 9.41. The number of nitrogens with zero attached hydrogens (tertiary/aromatic N) is 2. The number of thiophene rings is 1. The summed E-state index contributed by atoms with van der Waals surface area (Å²) >= 11 is 3.00. The first-order valence-corrected chi connectivity index (χ1v) is 11.3. The number of benzene rings is 2. The van der Waals surface area contributed by atoms with Crippen molar-refractivity contribution in [3.63, 3.8) is 0 Å². The molecule has 0 aliphatic carbocycles. The summed E-state index contributed by atoms with van der Waals surface area (Å²) in [7, 11) is 1.75. The fraction of sp³-hybridized carbons (Fsp3) is 0.174. The highest BCUT2D eigenvalue weighted by atomic mass is 32.2. The lowest BCUT2D eigenvalue weighted by Crippen LogP contribution is -2.19. The van der Waals surface area contributed by atoms with Crippen molar-refractivity contribution < 1.29 is 4.42 Å². The SMILES string of the molecule is Cc1sc2nc(SCc3cc(=O)oc4ccc5ccccc5c34)n(C)c(=O)c2c1C. The maximum atomic E-state index is 12.9. The van der Waals surface area contributed by atoms with Crippen LogP contribution in [0.5, 0.6) is 0 Å². The van der Waals surface area contributed by atoms with Crippen LogP contribution < -0.4 is 11.2 Å². The summed E-state index contributed by atoms with van der Waals surface area (Å²) in [4.78, 5) is 31.6. The van der Waals surface area contributed by atoms with E-state index < -0.39 is 0 Å². The zero-order valence-corrected chi connectivity index (χ0v) is 18.3. The Labute approximate surface area is 180 Å². The highest BCUT2D eigenvalue weighted by molar-refractivity contribution is 7.98. The molecular weight excluding hydrogens is 416 g/mol. The highest BCUT2D eigenvalue weighted by Gasteiger charge is 2.16. The van der Waals surface area contributed by atoms with Gasteiger partial charge in [0.25, 0.3) is 5.56 Å². The summed E-state index contributed by atoms with van der Waals surface area (Å²) in [6.45, 7) is 3.97. The van der Waals surface area contributed by atoms with E-state index >= 15 is 0 Å². The molecule has 0 aliphatic rings. The van der Waals surface area contributed by atoms with Crippen LogP contribution in [0.4, 0.5) is 0 Å². The first-order chi connectivity index (χ1) is 14.4. The van der Waals surface area contributed by atoms with Crippen LogP contribution in [0, 0.1) is 13.8 Å². The summed E-state index contributed by atoms with van der Waals surface area (Å²) in [5, 5.41) is 4.38. The van der Waals surface area contributed by atoms with Crippen molar-refractivity contribution in [1.29, 1.82) is 0 Å². The minimum absolute atomic E-state index is 0.0350. The Balaban J connectivity index is 1.64. The second-order valence-electron chi connectivity index (χ2n) is 7.26. The van der Waals surface area contributed by atoms with Gasteiger partial charge in [0.15, 0.2) is 5.16 Å². The van der Waals surface area contributed by atoms with Crippen LogP contribution in [0.15, 0.2) is 61.6 Å². The largest absolute Gasteiger partial charge is 0.423 e. The van der Waals surface area contributed by atoms with Crippen molar-refractivity contribution in [2.75, 3.05) is 0 Å². The molecule has 0 aliphatic heterocycles. The van der Waals surface area contributed by atoms with E-state index in [2.05, 4.69) is 0 Å². The second kappa shape index (κ2) is 7.11. The van der Waals surface area contributed by atoms with E-state index in [1.807, 2.05) is 50.2 Å². The minimum atomic E-state index is -0.379. The number of aryl methyl sites for hydroxylation is 2. The predicted octanol–water partition coefficient (Wildman–Crippen LogP) is 5.16. The summed E-state index contributed by atoms with van der Waals surface area (Å²) in [6, 6.07) is 13.4. The van der Waals surface area contributed by atoms with Crippen molar-refractivity contribution in [3.05, 3.63) is 79.2 Å². The predicted molar refractivity (Wildman–Crippen MR) is 124 cm³/mol. The molecule has 0 saturated carbocycles. The average Bonchev–Trinajstić information content (AvgIpc) is 3.02. The van der Waals surface area contributed by atoms with Crippen LogP contribution in [-0.4, -0.2) is 9.55 Å². The summed E-state index contributed by atoms with van der Waals surface area (Å²) in [5.41, 5.74) is 2.02. The van der Waals surface area contributed by atoms with Crippen molar-refractivity contribution in [3.8, 4) is 0 Å². The molecule has 7 heteroatoms. The van der Waals surface area contributed by atoms with Crippen molar-refractivity contribution in [2.45, 2.75) is 24.8 Å². The third-order valence-electron chi connectivity index (χ3n) is 5.44. The van der Waals surface area contributed by atoms with E-state index in [9.17, 15) is 9.59 Å². The van der Waals surface area contributed by atoms with E-state index in [1.54, 1.807) is 23.0 Å². The molecule has 0 fully saturated rings. The van der Waals surface area contributed by atoms with Gasteiger partial charge in [-0.05, 0) is 41.8 Å². The van der Waals surface area contributed by atoms with Crippen LogP contribution >= 0.6 is 23.1 Å². The van der Waals surface area contributed by atoms with Gasteiger partial charge >= 0.3 is 5.63 Å². The number of rotatable bonds is 3. The molecule has 2 aromatic carbocycles. The molecule has 0 N–H and O–H groups in total. The monoisotopic (exact) mass is 434 g/mol. The summed E-state index contributed by atoms with van der Waals surface area (Å²) in [6.07, 6.45) is 0. The standard InChI is InChI=1S/C23H18N2O3S2/c1-12-13(2)30-21-19(12)22(27)25(3)23(24-21)29-11-15-10-18(26)28-17-9-8-14-6-4-5-7-16(14)20(15)17/h4-10H,11H2,1-3H3. The van der Waals surface area contributed by atoms with Gasteiger partial charge in [-0.25, -0.2) is 9.78 Å². The Hall–Kier alpha value is -2.90. The van der Waals surface area contributed by atoms with Gasteiger partial charge in [0.2, 0.25) is 0 Å². The highest BCUT2D eigenvalue weighted by Crippen LogP contribution is 2.32. The molecule has 0 bridgehead atoms. The van der Waals surface area contributed by atoms with Gasteiger partial charge in [-0.15, -0.1) is 11.3 Å². The van der Waals surface area contributed by atoms with Crippen LogP contribution in [-0.2, 0) is 12.8 Å². The molecule has 3 aromatic heterocycles. The van der Waals surface area contributed by atoms with Crippen molar-refractivity contribution >= 4 is 55.1 Å². The van der Waals surface area contributed by atoms with Crippen molar-refractivity contribution in [1.82, 2.24) is 9.55 Å². The van der Waals surface area contributed by atoms with Crippen LogP contribution in [0.1, 0.15) is 16.0 Å². The topological polar surface area (TPSA) is 65.1 Å². The molecule has 0 unspecified atom stereocenters. The van der Waals surface area contributed by atoms with Crippen LogP contribution in [0.3, 0.4) is 0 Å². The molecule has 5 aromatic rings. The van der Waals surface area contributed by atoms with Gasteiger partial charge in [0, 0.05) is 29.1 Å². The lowest BCUT2D eigenvalue weighted by molar-refractivity contribution is 0.560. The first kappa shape index (κ1) is 19.1. The maximum absolute atomic E-state index is 12.9. The van der Waals surface area contributed by atoms with E-state index in [0.717, 1.165) is 37.0 Å². The quantitative estimate of drug-likeness (QED) is 0.170. The molecule has 0 spiro atoms. The Kier molecular flexibility index (Phi) is 4.52. The van der Waals surface area contributed by atoms with Crippen LogP contribution in [0.25, 0.3) is 32.0 Å². The Morgan fingerprint density at radius 2 is 1.90 bits per heavy atom. The Morgan fingerprint density at radius 3 is 2.73 bits per heavy atom. The molecule has 30 heavy (non-hydrogen) atoms. The summed E-state index contributed by atoms with van der Waals surface area (Å²) < 4.78 is 7.04. The van der Waals surface area contributed by atoms with Gasteiger partial charge in [-0.3, -0.25) is 9.36 Å². The van der Waals surface area contributed by atoms with E-state index in [0.29, 0.717) is 21.9 Å². The zero-order valence-electron chi connectivity index (χ0n) is 16.7. The van der Waals surface area contributed by atoms with E-state index in [1.165, 1.54) is 17.8 Å². The van der Waals surface area contributed by atoms with E-state index in [-0.39, 0.29) is 11.2 Å². The van der Waals surface area contributed by atoms with Gasteiger partial charge < -0.3 is 4.42 Å². The number of hydrogen-bond donors (Lipinski definition) is 0. The molecule has 5 rings (SSSR count). The average molecular weight is 435 g/mol. The maximum Gasteiger partial charge on any atom is 0.336 e. The smallest absolute Gasteiger partial charge is 0.336 e. The molecular formula is C23H18N2O3S2. The van der Waals surface area contributed by atoms with Crippen LogP contribution in [0.2, 0.25) is 0 Å². The molecule has 5 nitrogen and oxygen atoms in total. The first-order valence-electron chi connectivity index (χ1n) is 9.48. The van der Waals surface area contributed by atoms with Gasteiger partial charge in [-0.1, -0.05) is 42.1 Å². The molecule has 0 amide bonds. The zero-order chi connectivity index (χ0) is 21.0. The third kappa shape index (κ3) is 2.97.